The number of aromatic nitrogens is 2. The standard InChI is InChI=1S/C26H25BrN6O5/c27-23-10-20(38-32-23)13-30-25(35)22-9-19(31-24(34)18-5-3-7-28-12-18)14-33(22)26(36)37-15-16-8-17-4-1-2-6-21(17)29-11-16/h1-8,11-12,19-20,22H,9-10,13-15H2,(H,30,35)(H,31,34). The Kier molecular flexibility index (Phi) is 7.78. The number of carbonyl (C=O) groups is 3. The molecule has 0 radical (unpaired) electrons. The van der Waals surface area contributed by atoms with Crippen LogP contribution >= 0.6 is 15.9 Å². The van der Waals surface area contributed by atoms with E-state index in [4.69, 9.17) is 9.57 Å². The Labute approximate surface area is 226 Å². The first-order valence-corrected chi connectivity index (χ1v) is 12.9. The van der Waals surface area contributed by atoms with Crippen molar-refractivity contribution in [2.75, 3.05) is 13.1 Å². The first kappa shape index (κ1) is 25.6. The molecule has 3 amide bonds. The maximum atomic E-state index is 13.1. The first-order chi connectivity index (χ1) is 18.5. The highest BCUT2D eigenvalue weighted by Gasteiger charge is 2.41. The molecule has 12 heteroatoms. The molecule has 2 aliphatic rings. The van der Waals surface area contributed by atoms with E-state index in [2.05, 4.69) is 41.7 Å². The zero-order valence-corrected chi connectivity index (χ0v) is 21.8. The van der Waals surface area contributed by atoms with Gasteiger partial charge in [-0.3, -0.25) is 24.5 Å². The Morgan fingerprint density at radius 2 is 2.03 bits per heavy atom. The van der Waals surface area contributed by atoms with Gasteiger partial charge in [-0.25, -0.2) is 4.79 Å². The van der Waals surface area contributed by atoms with Gasteiger partial charge in [0.1, 0.15) is 17.3 Å². The third-order valence-corrected chi connectivity index (χ3v) is 6.78. The largest absolute Gasteiger partial charge is 0.444 e. The summed E-state index contributed by atoms with van der Waals surface area (Å²) in [7, 11) is 0. The number of hydrogen-bond acceptors (Lipinski definition) is 8. The van der Waals surface area contributed by atoms with E-state index >= 15 is 0 Å². The van der Waals surface area contributed by atoms with Crippen LogP contribution in [-0.4, -0.2) is 68.7 Å². The molecule has 0 bridgehead atoms. The Balaban J connectivity index is 1.24. The van der Waals surface area contributed by atoms with Crippen molar-refractivity contribution < 1.29 is 24.0 Å². The van der Waals surface area contributed by atoms with Crippen LogP contribution in [0.2, 0.25) is 0 Å². The zero-order valence-electron chi connectivity index (χ0n) is 20.2. The van der Waals surface area contributed by atoms with Crippen LogP contribution in [0, 0.1) is 0 Å². The molecule has 4 heterocycles. The number of carbonyl (C=O) groups excluding carboxylic acids is 3. The molecule has 3 aromatic rings. The summed E-state index contributed by atoms with van der Waals surface area (Å²) >= 11 is 3.27. The summed E-state index contributed by atoms with van der Waals surface area (Å²) in [5, 5.41) is 10.5. The number of benzene rings is 1. The van der Waals surface area contributed by atoms with Crippen molar-refractivity contribution in [1.82, 2.24) is 25.5 Å². The highest BCUT2D eigenvalue weighted by Crippen LogP contribution is 2.22. The van der Waals surface area contributed by atoms with Gasteiger partial charge < -0.3 is 20.2 Å². The molecule has 38 heavy (non-hydrogen) atoms. The molecule has 196 valence electrons. The molecular weight excluding hydrogens is 556 g/mol. The molecule has 2 N–H and O–H groups in total. The third-order valence-electron chi connectivity index (χ3n) is 6.31. The van der Waals surface area contributed by atoms with Gasteiger partial charge in [0.05, 0.1) is 17.6 Å². The molecule has 1 aromatic carbocycles. The molecule has 0 saturated carbocycles. The smallest absolute Gasteiger partial charge is 0.410 e. The number of ether oxygens (including phenoxy) is 1. The van der Waals surface area contributed by atoms with Crippen LogP contribution in [0.15, 0.2) is 66.2 Å². The summed E-state index contributed by atoms with van der Waals surface area (Å²) in [5.41, 5.74) is 1.96. The van der Waals surface area contributed by atoms with Crippen LogP contribution < -0.4 is 10.6 Å². The molecule has 0 spiro atoms. The summed E-state index contributed by atoms with van der Waals surface area (Å²) in [6.45, 7) is 0.343. The summed E-state index contributed by atoms with van der Waals surface area (Å²) in [6, 6.07) is 11.6. The minimum Gasteiger partial charge on any atom is -0.444 e. The average Bonchev–Trinajstić information content (AvgIpc) is 3.56. The maximum Gasteiger partial charge on any atom is 0.410 e. The van der Waals surface area contributed by atoms with Gasteiger partial charge in [0.15, 0.2) is 6.10 Å². The molecular formula is C26H25BrN6O5. The van der Waals surface area contributed by atoms with Gasteiger partial charge in [-0.05, 0) is 46.6 Å². The molecule has 5 rings (SSSR count). The van der Waals surface area contributed by atoms with E-state index in [1.54, 1.807) is 24.5 Å². The molecule has 0 aliphatic carbocycles. The number of likely N-dealkylation sites (tertiary alicyclic amines) is 1. The fourth-order valence-corrected chi connectivity index (χ4v) is 4.86. The lowest BCUT2D eigenvalue weighted by Crippen LogP contribution is -2.47. The second-order valence-electron chi connectivity index (χ2n) is 9.05. The molecule has 2 aliphatic heterocycles. The normalized spacial score (nSPS) is 20.5. The monoisotopic (exact) mass is 580 g/mol. The van der Waals surface area contributed by atoms with Crippen LogP contribution in [0.5, 0.6) is 0 Å². The predicted octanol–water partition coefficient (Wildman–Crippen LogP) is 2.75. The number of fused-ring (bicyclic) bond motifs is 1. The lowest BCUT2D eigenvalue weighted by atomic mass is 10.1. The van der Waals surface area contributed by atoms with Crippen LogP contribution in [0.4, 0.5) is 4.79 Å². The summed E-state index contributed by atoms with van der Waals surface area (Å²) in [6.07, 6.45) is 4.52. The van der Waals surface area contributed by atoms with E-state index in [9.17, 15) is 14.4 Å². The van der Waals surface area contributed by atoms with Gasteiger partial charge in [-0.1, -0.05) is 23.4 Å². The number of halogens is 1. The molecule has 2 aromatic heterocycles. The Bertz CT molecular complexity index is 1370. The van der Waals surface area contributed by atoms with E-state index < -0.39 is 18.2 Å². The molecule has 3 atom stereocenters. The van der Waals surface area contributed by atoms with Gasteiger partial charge in [-0.15, -0.1) is 0 Å². The molecule has 11 nitrogen and oxygen atoms in total. The second kappa shape index (κ2) is 11.5. The Hall–Kier alpha value is -4.06. The fraction of sp³-hybridized carbons (Fsp3) is 0.308. The SMILES string of the molecule is O=C(NC1CC(C(=O)NCC2CC(Br)=NO2)N(C(=O)OCc2cnc3ccccc3c2)C1)c1cccnc1. The fourth-order valence-electron chi connectivity index (χ4n) is 4.42. The highest BCUT2D eigenvalue weighted by molar-refractivity contribution is 9.18. The second-order valence-corrected chi connectivity index (χ2v) is 9.97. The lowest BCUT2D eigenvalue weighted by Gasteiger charge is -2.23. The minimum atomic E-state index is -0.831. The van der Waals surface area contributed by atoms with E-state index in [1.165, 1.54) is 11.1 Å². The Morgan fingerprint density at radius 1 is 1.16 bits per heavy atom. The van der Waals surface area contributed by atoms with Crippen molar-refractivity contribution in [1.29, 1.82) is 0 Å². The summed E-state index contributed by atoms with van der Waals surface area (Å²) in [4.78, 5) is 53.9. The number of nitrogens with zero attached hydrogens (tertiary/aromatic N) is 4. The van der Waals surface area contributed by atoms with E-state index in [0.717, 1.165) is 16.5 Å². The minimum absolute atomic E-state index is 0.00447. The number of oxime groups is 1. The molecule has 1 fully saturated rings. The average molecular weight is 581 g/mol. The summed E-state index contributed by atoms with van der Waals surface area (Å²) < 4.78 is 6.24. The van der Waals surface area contributed by atoms with Crippen molar-refractivity contribution in [2.45, 2.75) is 37.6 Å². The van der Waals surface area contributed by atoms with Gasteiger partial charge in [0.2, 0.25) is 5.91 Å². The van der Waals surface area contributed by atoms with Crippen molar-refractivity contribution >= 4 is 49.4 Å². The van der Waals surface area contributed by atoms with Crippen molar-refractivity contribution in [2.24, 2.45) is 5.16 Å². The van der Waals surface area contributed by atoms with E-state index in [-0.39, 0.29) is 44.0 Å². The quantitative estimate of drug-likeness (QED) is 0.438. The van der Waals surface area contributed by atoms with Crippen LogP contribution in [0.25, 0.3) is 10.9 Å². The summed E-state index contributed by atoms with van der Waals surface area (Å²) in [5.74, 6) is -0.694. The van der Waals surface area contributed by atoms with Gasteiger partial charge in [-0.2, -0.15) is 0 Å². The topological polar surface area (TPSA) is 135 Å². The van der Waals surface area contributed by atoms with Crippen LogP contribution in [0.3, 0.4) is 0 Å². The van der Waals surface area contributed by atoms with Gasteiger partial charge >= 0.3 is 6.09 Å². The first-order valence-electron chi connectivity index (χ1n) is 12.1. The highest BCUT2D eigenvalue weighted by atomic mass is 79.9. The number of pyridine rings is 2. The maximum absolute atomic E-state index is 13.1. The van der Waals surface area contributed by atoms with Gasteiger partial charge in [0.25, 0.3) is 5.91 Å². The van der Waals surface area contributed by atoms with Crippen LogP contribution in [0.1, 0.15) is 28.8 Å². The number of para-hydroxylation sites is 1. The number of nitrogens with one attached hydrogen (secondary N) is 2. The number of amides is 3. The Morgan fingerprint density at radius 3 is 2.82 bits per heavy atom. The van der Waals surface area contributed by atoms with Crippen LogP contribution in [-0.2, 0) is 21.0 Å². The molecule has 1 saturated heterocycles. The van der Waals surface area contributed by atoms with Crippen molar-refractivity contribution in [3.63, 3.8) is 0 Å². The molecule has 3 unspecified atom stereocenters. The van der Waals surface area contributed by atoms with Crippen molar-refractivity contribution in [3.8, 4) is 0 Å². The van der Waals surface area contributed by atoms with E-state index in [1.807, 2.05) is 30.3 Å². The number of hydrogen-bond donors (Lipinski definition) is 2. The zero-order chi connectivity index (χ0) is 26.5. The third kappa shape index (κ3) is 6.08. The van der Waals surface area contributed by atoms with Gasteiger partial charge in [0, 0.05) is 48.5 Å². The van der Waals surface area contributed by atoms with E-state index in [0.29, 0.717) is 16.6 Å². The lowest BCUT2D eigenvalue weighted by molar-refractivity contribution is -0.125. The predicted molar refractivity (Wildman–Crippen MR) is 141 cm³/mol. The van der Waals surface area contributed by atoms with Crippen molar-refractivity contribution in [3.05, 3.63) is 72.2 Å². The number of rotatable bonds is 7.